The second-order valence-corrected chi connectivity index (χ2v) is 10.4. The van der Waals surface area contributed by atoms with Gasteiger partial charge >= 0.3 is 0 Å². The summed E-state index contributed by atoms with van der Waals surface area (Å²) in [6, 6.07) is 8.19. The van der Waals surface area contributed by atoms with E-state index in [-0.39, 0.29) is 12.0 Å². The van der Waals surface area contributed by atoms with Crippen molar-refractivity contribution in [3.05, 3.63) is 47.9 Å². The Morgan fingerprint density at radius 3 is 2.89 bits per heavy atom. The first-order valence-corrected chi connectivity index (χ1v) is 13.3. The molecule has 1 saturated heterocycles. The van der Waals surface area contributed by atoms with Crippen molar-refractivity contribution in [2.45, 2.75) is 31.8 Å². The predicted molar refractivity (Wildman–Crippen MR) is 142 cm³/mol. The fourth-order valence-electron chi connectivity index (χ4n) is 4.98. The Bertz CT molecular complexity index is 1420. The number of nitrogens with zero attached hydrogens (tertiary/aromatic N) is 5. The first kappa shape index (κ1) is 23.1. The van der Waals surface area contributed by atoms with Crippen LogP contribution in [0, 0.1) is 0 Å². The number of likely N-dealkylation sites (tertiary alicyclic amines) is 1. The highest BCUT2D eigenvalue weighted by molar-refractivity contribution is 7.16. The molecule has 9 nitrogen and oxygen atoms in total. The molecule has 0 saturated carbocycles. The van der Waals surface area contributed by atoms with Crippen LogP contribution >= 0.6 is 11.3 Å². The van der Waals surface area contributed by atoms with Crippen molar-refractivity contribution in [2.24, 2.45) is 0 Å². The van der Waals surface area contributed by atoms with E-state index in [2.05, 4.69) is 48.4 Å². The fourth-order valence-corrected chi connectivity index (χ4v) is 5.69. The monoisotopic (exact) mass is 503 g/mol. The maximum Gasteiger partial charge on any atom is 0.224 e. The molecule has 0 bridgehead atoms. The van der Waals surface area contributed by atoms with E-state index in [1.165, 1.54) is 5.57 Å². The molecule has 186 valence electrons. The molecule has 3 N–H and O–H groups in total. The number of hydrogen-bond acceptors (Lipinski definition) is 8. The van der Waals surface area contributed by atoms with Crippen molar-refractivity contribution < 1.29 is 9.90 Å². The summed E-state index contributed by atoms with van der Waals surface area (Å²) < 4.78 is 1.13. The summed E-state index contributed by atoms with van der Waals surface area (Å²) in [4.78, 5) is 33.7. The van der Waals surface area contributed by atoms with Crippen molar-refractivity contribution in [1.82, 2.24) is 29.7 Å². The minimum absolute atomic E-state index is 0.182. The first-order valence-electron chi connectivity index (χ1n) is 12.4. The molecule has 0 unspecified atom stereocenters. The van der Waals surface area contributed by atoms with E-state index >= 15 is 0 Å². The second-order valence-electron chi connectivity index (χ2n) is 9.47. The first-order chi connectivity index (χ1) is 17.6. The van der Waals surface area contributed by atoms with Gasteiger partial charge in [-0.3, -0.25) is 4.79 Å². The van der Waals surface area contributed by atoms with Gasteiger partial charge in [0.25, 0.3) is 0 Å². The largest absolute Gasteiger partial charge is 0.393 e. The number of anilines is 2. The third kappa shape index (κ3) is 4.84. The number of benzene rings is 1. The molecule has 3 aromatic heterocycles. The van der Waals surface area contributed by atoms with Crippen molar-refractivity contribution in [3.8, 4) is 0 Å². The number of carbonyl (C=O) groups is 1. The quantitative estimate of drug-likeness (QED) is 0.367. The van der Waals surface area contributed by atoms with Gasteiger partial charge in [-0.05, 0) is 49.1 Å². The number of aliphatic hydroxyl groups excluding tert-OH is 1. The van der Waals surface area contributed by atoms with E-state index in [4.69, 9.17) is 0 Å². The van der Waals surface area contributed by atoms with Crippen LogP contribution < -0.4 is 5.32 Å². The van der Waals surface area contributed by atoms with Crippen molar-refractivity contribution in [3.63, 3.8) is 0 Å². The van der Waals surface area contributed by atoms with Crippen molar-refractivity contribution in [1.29, 1.82) is 0 Å². The lowest BCUT2D eigenvalue weighted by atomic mass is 10.0. The minimum atomic E-state index is -0.182. The summed E-state index contributed by atoms with van der Waals surface area (Å²) in [5.74, 6) is 0.952. The molecule has 1 aromatic carbocycles. The number of fused-ring (bicyclic) bond motifs is 2. The molecule has 0 radical (unpaired) electrons. The van der Waals surface area contributed by atoms with E-state index in [9.17, 15) is 9.90 Å². The zero-order chi connectivity index (χ0) is 24.5. The summed E-state index contributed by atoms with van der Waals surface area (Å²) in [5.41, 5.74) is 6.80. The zero-order valence-corrected chi connectivity index (χ0v) is 20.8. The van der Waals surface area contributed by atoms with Gasteiger partial charge in [-0.2, -0.15) is 0 Å². The Morgan fingerprint density at radius 2 is 2.06 bits per heavy atom. The van der Waals surface area contributed by atoms with Gasteiger partial charge in [0.05, 0.1) is 27.2 Å². The van der Waals surface area contributed by atoms with Crippen LogP contribution in [-0.4, -0.2) is 79.6 Å². The summed E-state index contributed by atoms with van der Waals surface area (Å²) in [7, 11) is 0. The van der Waals surface area contributed by atoms with Gasteiger partial charge < -0.3 is 25.2 Å². The van der Waals surface area contributed by atoms with Gasteiger partial charge in [0.15, 0.2) is 0 Å². The number of aromatic nitrogens is 4. The third-order valence-corrected chi connectivity index (χ3v) is 7.92. The molecule has 0 spiro atoms. The number of hydrogen-bond donors (Lipinski definition) is 3. The average Bonchev–Trinajstić information content (AvgIpc) is 3.56. The number of carbonyl (C=O) groups excluding carboxylic acids is 1. The van der Waals surface area contributed by atoms with E-state index in [0.717, 1.165) is 77.3 Å². The fraction of sp³-hybridized carbons (Fsp3) is 0.385. The number of aliphatic hydroxyl groups is 1. The van der Waals surface area contributed by atoms with Crippen LogP contribution in [0.15, 0.2) is 42.2 Å². The molecule has 0 aliphatic carbocycles. The zero-order valence-electron chi connectivity index (χ0n) is 20.0. The number of piperidine rings is 1. The SMILES string of the molecule is O=C(CCN1CCC(O)CC1)N1CC=C(c2cc3c(Nc4ccc5ncsc5c4)ncnc3[nH]2)CC1. The topological polar surface area (TPSA) is 110 Å². The Hall–Kier alpha value is -3.34. The highest BCUT2D eigenvalue weighted by Crippen LogP contribution is 2.30. The van der Waals surface area contributed by atoms with E-state index in [1.807, 2.05) is 22.5 Å². The van der Waals surface area contributed by atoms with E-state index in [1.54, 1.807) is 17.7 Å². The molecule has 0 atom stereocenters. The van der Waals surface area contributed by atoms with Crippen LogP contribution in [0.2, 0.25) is 0 Å². The number of aromatic amines is 1. The molecular formula is C26H29N7O2S. The smallest absolute Gasteiger partial charge is 0.224 e. The van der Waals surface area contributed by atoms with Gasteiger partial charge in [0.1, 0.15) is 17.8 Å². The van der Waals surface area contributed by atoms with Gasteiger partial charge in [-0.15, -0.1) is 11.3 Å². The summed E-state index contributed by atoms with van der Waals surface area (Å²) >= 11 is 1.61. The van der Waals surface area contributed by atoms with Crippen LogP contribution in [0.4, 0.5) is 11.5 Å². The average molecular weight is 504 g/mol. The third-order valence-electron chi connectivity index (χ3n) is 7.13. The van der Waals surface area contributed by atoms with Crippen LogP contribution in [0.25, 0.3) is 26.8 Å². The predicted octanol–water partition coefficient (Wildman–Crippen LogP) is 3.77. The molecular weight excluding hydrogens is 474 g/mol. The number of thiazole rings is 1. The number of H-pyrrole nitrogens is 1. The number of nitrogens with one attached hydrogen (secondary N) is 2. The lowest BCUT2D eigenvalue weighted by Crippen LogP contribution is -2.40. The number of amides is 1. The summed E-state index contributed by atoms with van der Waals surface area (Å²) in [6.45, 7) is 3.85. The standard InChI is InChI=1S/C26H29N7O2S/c34-19-5-8-32(9-6-19)10-7-24(35)33-11-3-17(4-12-33)22-14-20-25(27-15-28-26(20)31-22)30-18-1-2-21-23(13-18)36-16-29-21/h1-3,13-16,19,34H,4-12H2,(H2,27,28,30,31). The van der Waals surface area contributed by atoms with Gasteiger partial charge in [0.2, 0.25) is 5.91 Å². The van der Waals surface area contributed by atoms with E-state index < -0.39 is 0 Å². The Kier molecular flexibility index (Phi) is 6.39. The highest BCUT2D eigenvalue weighted by atomic mass is 32.1. The molecule has 10 heteroatoms. The van der Waals surface area contributed by atoms with E-state index in [0.29, 0.717) is 19.5 Å². The van der Waals surface area contributed by atoms with Crippen molar-refractivity contribution in [2.75, 3.05) is 38.0 Å². The van der Waals surface area contributed by atoms with Gasteiger partial charge in [-0.1, -0.05) is 6.08 Å². The molecule has 36 heavy (non-hydrogen) atoms. The van der Waals surface area contributed by atoms with Crippen LogP contribution in [-0.2, 0) is 4.79 Å². The molecule has 1 fully saturated rings. The van der Waals surface area contributed by atoms with Gasteiger partial charge in [-0.25, -0.2) is 15.0 Å². The van der Waals surface area contributed by atoms with Crippen molar-refractivity contribution >= 4 is 55.6 Å². The van der Waals surface area contributed by atoms with Crippen LogP contribution in [0.5, 0.6) is 0 Å². The Labute approximate surface area is 212 Å². The number of rotatable bonds is 6. The molecule has 5 heterocycles. The minimum Gasteiger partial charge on any atom is -0.393 e. The van der Waals surface area contributed by atoms with Crippen LogP contribution in [0.3, 0.4) is 0 Å². The van der Waals surface area contributed by atoms with Gasteiger partial charge in [0, 0.05) is 50.5 Å². The molecule has 2 aliphatic rings. The maximum absolute atomic E-state index is 12.8. The molecule has 6 rings (SSSR count). The normalized spacial score (nSPS) is 17.6. The molecule has 2 aliphatic heterocycles. The molecule has 4 aromatic rings. The maximum atomic E-state index is 12.8. The Morgan fingerprint density at radius 1 is 1.17 bits per heavy atom. The van der Waals surface area contributed by atoms with Crippen LogP contribution in [0.1, 0.15) is 31.4 Å². The summed E-state index contributed by atoms with van der Waals surface area (Å²) in [5, 5.41) is 14.0. The Balaban J connectivity index is 1.12. The summed E-state index contributed by atoms with van der Waals surface area (Å²) in [6.07, 6.45) is 6.46. The second kappa shape index (κ2) is 9.96. The highest BCUT2D eigenvalue weighted by Gasteiger charge is 2.22. The lowest BCUT2D eigenvalue weighted by molar-refractivity contribution is -0.131. The molecule has 1 amide bonds. The lowest BCUT2D eigenvalue weighted by Gasteiger charge is -2.31.